The van der Waals surface area contributed by atoms with E-state index in [1.807, 2.05) is 0 Å². The topological polar surface area (TPSA) is 708 Å². The fraction of sp³-hybridized carbons (Fsp3) is 0.448. The van der Waals surface area contributed by atoms with Crippen molar-refractivity contribution in [3.63, 3.8) is 0 Å². The molecule has 0 radical (unpaired) electrons. The Labute approximate surface area is 768 Å². The quantitative estimate of drug-likeness (QED) is 0.0139. The number of phenols is 4. The molecule has 13 atom stereocenters. The molecule has 0 bridgehead atoms. The van der Waals surface area contributed by atoms with Gasteiger partial charge in [-0.1, -0.05) is 82.6 Å². The van der Waals surface area contributed by atoms with Gasteiger partial charge in [-0.2, -0.15) is 0 Å². The molecule has 716 valence electrons. The Morgan fingerprint density at radius 3 is 1.31 bits per heavy atom. The molecule has 133 heavy (non-hydrogen) atoms. The molecule has 0 saturated carbocycles. The standard InChI is InChI=1S/C87H115N23O22S/c1-5-47(4)74-86(132)110-29-7-9-68(110)85(131)108-61(31-48-10-18-54(111)19-11-48)76(122)96-40-70(116)99-59(26-27-73(119)120)78(124)103-60(30-46(2)3)75(121)95-41-71(117)101-67(77(123)94-39-69(88)115)42-133-43-72(118)100-62(32-49-12-20-55(112)21-13-49)80(126)106-66(36-53-38-92-45-98-53)84(130)107-65(35-52-37-91-44-97-52)83(129)105-64(34-51-16-24-57(114)25-17-51)82(128)104-63(33-50-14-22-56(113)23-15-50)81(127)102-58(79(125)109-74)8-6-28-93-87(89)90/h10-25,37-38,44-47,58-68,74,111-114H,5-9,26-36,39-43H2,1-4H3,(H2,88,115)(H,91,97)(H,92,98)(H,94,123)(H,95,121)(H,96,122)(H,99,116)(H,100,118)(H,101,117)(H,102,127)(H,103,124)(H,104,128)(H,105,129)(H,106,126)(H,107,130)(H,108,131)(H,109,125)(H,119,120)(H4,89,90,93)/t47-,58-,59-,60-,61-,62-,63-,64-,65-,66-,67-,68-,74-/m0/s1. The van der Waals surface area contributed by atoms with E-state index in [1.165, 1.54) is 127 Å². The minimum Gasteiger partial charge on any atom is -0.508 e. The second kappa shape index (κ2) is 51.5. The van der Waals surface area contributed by atoms with Gasteiger partial charge in [0.15, 0.2) is 5.96 Å². The van der Waals surface area contributed by atoms with Gasteiger partial charge in [-0.25, -0.2) is 9.97 Å². The van der Waals surface area contributed by atoms with Gasteiger partial charge >= 0.3 is 5.97 Å². The molecule has 6 aromatic rings. The number of H-pyrrole nitrogens is 2. The average molecular weight is 1870 g/mol. The number of aromatic amines is 2. The van der Waals surface area contributed by atoms with Crippen molar-refractivity contribution >= 4 is 118 Å². The second-order valence-electron chi connectivity index (χ2n) is 32.5. The maximum absolute atomic E-state index is 15.5. The van der Waals surface area contributed by atoms with Crippen LogP contribution in [-0.4, -0.2) is 274 Å². The third-order valence-corrected chi connectivity index (χ3v) is 22.6. The number of carbonyl (C=O) groups is 17. The lowest BCUT2D eigenvalue weighted by atomic mass is 9.96. The number of carbonyl (C=O) groups excluding carboxylic acids is 16. The van der Waals surface area contributed by atoms with Crippen molar-refractivity contribution in [2.24, 2.45) is 23.3 Å². The van der Waals surface area contributed by atoms with Crippen LogP contribution in [0.25, 0.3) is 0 Å². The van der Waals surface area contributed by atoms with Crippen LogP contribution in [0.4, 0.5) is 0 Å². The van der Waals surface area contributed by atoms with Gasteiger partial charge in [-0.15, -0.1) is 11.8 Å². The summed E-state index contributed by atoms with van der Waals surface area (Å²) < 4.78 is 0. The molecule has 4 aromatic carbocycles. The number of phenolic OH excluding ortho intramolecular Hbond substituents is 4. The number of nitrogens with one attached hydrogen (secondary N) is 18. The fourth-order valence-electron chi connectivity index (χ4n) is 14.4. The highest BCUT2D eigenvalue weighted by molar-refractivity contribution is 8.00. The van der Waals surface area contributed by atoms with E-state index in [0.29, 0.717) is 22.3 Å². The van der Waals surface area contributed by atoms with E-state index in [1.54, 1.807) is 27.7 Å². The minimum absolute atomic E-state index is 0.0157. The summed E-state index contributed by atoms with van der Waals surface area (Å²) >= 11 is 0.729. The summed E-state index contributed by atoms with van der Waals surface area (Å²) in [5, 5.41) is 97.5. The van der Waals surface area contributed by atoms with Gasteiger partial charge in [0.05, 0.1) is 49.4 Å². The number of fused-ring (bicyclic) bond motifs is 1. The number of nitrogens with zero attached hydrogens (tertiary/aromatic N) is 3. The summed E-state index contributed by atoms with van der Waals surface area (Å²) in [7, 11) is 0. The van der Waals surface area contributed by atoms with Crippen LogP contribution in [-0.2, 0) is 120 Å². The Kier molecular flexibility index (Phi) is 40.1. The Morgan fingerprint density at radius 1 is 0.489 bits per heavy atom. The Hall–Kier alpha value is -14.9. The van der Waals surface area contributed by atoms with Crippen molar-refractivity contribution in [2.75, 3.05) is 44.2 Å². The van der Waals surface area contributed by atoms with Crippen LogP contribution in [0, 0.1) is 17.2 Å². The van der Waals surface area contributed by atoms with Crippen LogP contribution < -0.4 is 91.2 Å². The number of primary amides is 1. The summed E-state index contributed by atoms with van der Waals surface area (Å²) in [6.07, 6.45) is 2.01. The van der Waals surface area contributed by atoms with E-state index in [4.69, 9.17) is 16.9 Å². The van der Waals surface area contributed by atoms with E-state index in [0.717, 1.165) is 11.8 Å². The number of guanidine groups is 1. The van der Waals surface area contributed by atoms with E-state index in [2.05, 4.69) is 99.7 Å². The summed E-state index contributed by atoms with van der Waals surface area (Å²) in [4.78, 5) is 260. The second-order valence-corrected chi connectivity index (χ2v) is 33.6. The monoisotopic (exact) mass is 1870 g/mol. The first kappa shape index (κ1) is 103. The van der Waals surface area contributed by atoms with E-state index in [-0.39, 0.29) is 118 Å². The van der Waals surface area contributed by atoms with Crippen molar-refractivity contribution in [3.05, 3.63) is 156 Å². The molecule has 0 aliphatic carbocycles. The number of hydrogen-bond donors (Lipinski definition) is 25. The zero-order valence-corrected chi connectivity index (χ0v) is 74.4. The largest absolute Gasteiger partial charge is 0.508 e. The lowest BCUT2D eigenvalue weighted by molar-refractivity contribution is -0.143. The molecule has 2 saturated heterocycles. The molecule has 45 nitrogen and oxygen atoms in total. The number of hydrogen-bond acceptors (Lipinski definition) is 25. The molecule has 4 heterocycles. The van der Waals surface area contributed by atoms with E-state index < -0.39 is 242 Å². The molecule has 2 aromatic heterocycles. The highest BCUT2D eigenvalue weighted by Gasteiger charge is 2.43. The first-order chi connectivity index (χ1) is 63.4. The summed E-state index contributed by atoms with van der Waals surface area (Å²) in [5.74, 6) is -20.5. The van der Waals surface area contributed by atoms with Crippen molar-refractivity contribution < 1.29 is 107 Å². The summed E-state index contributed by atoms with van der Waals surface area (Å²) in [6, 6.07) is 2.89. The molecule has 8 rings (SSSR count). The molecule has 16 amide bonds. The first-order valence-electron chi connectivity index (χ1n) is 43.0. The van der Waals surface area contributed by atoms with Gasteiger partial charge in [0, 0.05) is 76.2 Å². The number of thioether (sulfide) groups is 1. The number of carboxylic acid groups (broad SMARTS) is 1. The average Bonchev–Trinajstić information content (AvgIpc) is 1.72. The number of aromatic hydroxyl groups is 4. The van der Waals surface area contributed by atoms with Crippen molar-refractivity contribution in [3.8, 4) is 23.0 Å². The predicted octanol–water partition coefficient (Wildman–Crippen LogP) is -4.16. The van der Waals surface area contributed by atoms with E-state index in [9.17, 15) is 73.5 Å². The highest BCUT2D eigenvalue weighted by atomic mass is 32.2. The third kappa shape index (κ3) is 34.5. The first-order valence-corrected chi connectivity index (χ1v) is 44.2. The summed E-state index contributed by atoms with van der Waals surface area (Å²) in [5.41, 5.74) is 12.7. The smallest absolute Gasteiger partial charge is 0.303 e. The molecule has 2 fully saturated rings. The molecule has 0 unspecified atom stereocenters. The molecule has 2 aliphatic rings. The van der Waals surface area contributed by atoms with Crippen molar-refractivity contribution in [2.45, 2.75) is 190 Å². The van der Waals surface area contributed by atoms with Crippen LogP contribution in [0.2, 0.25) is 0 Å². The fourth-order valence-corrected chi connectivity index (χ4v) is 15.2. The lowest BCUT2D eigenvalue weighted by Gasteiger charge is -2.33. The van der Waals surface area contributed by atoms with E-state index >= 15 is 33.6 Å². The van der Waals surface area contributed by atoms with Gasteiger partial charge in [0.25, 0.3) is 0 Å². The Balaban J connectivity index is 1.18. The highest BCUT2D eigenvalue weighted by Crippen LogP contribution is 2.25. The Morgan fingerprint density at radius 2 is 0.880 bits per heavy atom. The van der Waals surface area contributed by atoms with Gasteiger partial charge in [0.1, 0.15) is 95.5 Å². The number of amides is 16. The lowest BCUT2D eigenvalue weighted by Crippen LogP contribution is -2.62. The summed E-state index contributed by atoms with van der Waals surface area (Å²) in [6.45, 7) is 4.09. The van der Waals surface area contributed by atoms with Crippen LogP contribution in [0.3, 0.4) is 0 Å². The van der Waals surface area contributed by atoms with Crippen LogP contribution in [0.5, 0.6) is 23.0 Å². The normalized spacial score (nSPS) is 22.6. The molecule has 0 spiro atoms. The molecule has 27 N–H and O–H groups in total. The number of aliphatic carboxylic acids is 1. The van der Waals surface area contributed by atoms with Crippen molar-refractivity contribution in [1.82, 2.24) is 105 Å². The number of nitrogens with two attached hydrogens (primary N) is 2. The van der Waals surface area contributed by atoms with Crippen LogP contribution >= 0.6 is 11.8 Å². The zero-order chi connectivity index (χ0) is 97.0. The number of benzene rings is 4. The van der Waals surface area contributed by atoms with Crippen LogP contribution in [0.1, 0.15) is 113 Å². The number of carboxylic acids is 1. The van der Waals surface area contributed by atoms with Crippen LogP contribution in [0.15, 0.2) is 122 Å². The number of imidazole rings is 2. The van der Waals surface area contributed by atoms with Gasteiger partial charge < -0.3 is 132 Å². The minimum atomic E-state index is -1.71. The zero-order valence-electron chi connectivity index (χ0n) is 73.6. The molecule has 2 aliphatic heterocycles. The maximum atomic E-state index is 15.5. The SMILES string of the molecule is CC[C@H](C)[C@@H]1NC(=O)[C@H](CCCNC(=N)N)NC(=O)[C@H](Cc2ccc(O)cc2)NC(=O)[C@H](Cc2ccc(O)cc2)NC(=O)[C@H](Cc2c[nH]cn2)NC(=O)[C@H](Cc2c[nH]cn2)NC(=O)[C@H](Cc2ccc(O)cc2)NC(=O)CSC[C@@H](C(=O)NCC(N)=O)NC(=O)CNC(=O)[C@H](CC(C)C)NC(=O)[C@H](CCC(=O)O)NC(=O)CNC(=O)[C@H](Cc2ccc(O)cc2)NC(=O)[C@@H]2CCCN2C1=O. The molecule has 46 heteroatoms. The van der Waals surface area contributed by atoms with Gasteiger partial charge in [0.2, 0.25) is 94.5 Å². The van der Waals surface area contributed by atoms with Gasteiger partial charge in [-0.3, -0.25) is 86.9 Å². The van der Waals surface area contributed by atoms with Gasteiger partial charge in [-0.05, 0) is 121 Å². The molecular formula is C87H115N23O22S. The number of rotatable bonds is 26. The van der Waals surface area contributed by atoms with Crippen molar-refractivity contribution in [1.29, 1.82) is 5.41 Å². The molecular weight excluding hydrogens is 1750 g/mol. The number of aromatic nitrogens is 4. The Bertz CT molecular complexity index is 5030. The maximum Gasteiger partial charge on any atom is 0.303 e. The third-order valence-electron chi connectivity index (χ3n) is 21.6. The predicted molar refractivity (Wildman–Crippen MR) is 478 cm³/mol.